The summed E-state index contributed by atoms with van der Waals surface area (Å²) in [6.45, 7) is 5.75. The Morgan fingerprint density at radius 1 is 1.38 bits per heavy atom. The summed E-state index contributed by atoms with van der Waals surface area (Å²) in [6, 6.07) is 1.98. The second kappa shape index (κ2) is 5.90. The lowest BCUT2D eigenvalue weighted by Crippen LogP contribution is -2.21. The molecule has 4 rings (SSSR count). The van der Waals surface area contributed by atoms with E-state index in [2.05, 4.69) is 22.2 Å². The van der Waals surface area contributed by atoms with Crippen LogP contribution in [0.25, 0.3) is 17.2 Å². The second-order valence-electron chi connectivity index (χ2n) is 6.35. The number of nitrogens with one attached hydrogen (secondary N) is 1. The summed E-state index contributed by atoms with van der Waals surface area (Å²) in [7, 11) is 1.97. The molecule has 24 heavy (non-hydrogen) atoms. The number of ether oxygens (including phenoxy) is 1. The molecule has 0 aromatic carbocycles. The van der Waals surface area contributed by atoms with E-state index in [-0.39, 0.29) is 6.10 Å². The summed E-state index contributed by atoms with van der Waals surface area (Å²) in [5.41, 5.74) is 3.75. The summed E-state index contributed by atoms with van der Waals surface area (Å²) < 4.78 is 9.55. The van der Waals surface area contributed by atoms with Crippen LogP contribution in [0.15, 0.2) is 18.5 Å². The number of anilines is 1. The molecule has 0 aliphatic carbocycles. The standard InChI is InChI=1S/C17H22N6O/c1-11-12(2)20-15-9-14(17-18-6-7-22(17)3)21-23(15)16(11)19-10-13-5-4-8-24-13/h6-7,9,13,19H,4-5,8,10H2,1-3H3/t13-/m1/s1. The molecule has 0 saturated carbocycles. The highest BCUT2D eigenvalue weighted by atomic mass is 16.5. The summed E-state index contributed by atoms with van der Waals surface area (Å²) >= 11 is 0. The first-order chi connectivity index (χ1) is 11.6. The smallest absolute Gasteiger partial charge is 0.160 e. The van der Waals surface area contributed by atoms with Gasteiger partial charge in [-0.05, 0) is 26.7 Å². The monoisotopic (exact) mass is 326 g/mol. The largest absolute Gasteiger partial charge is 0.376 e. The van der Waals surface area contributed by atoms with Crippen LogP contribution in [0, 0.1) is 13.8 Å². The minimum absolute atomic E-state index is 0.275. The van der Waals surface area contributed by atoms with Gasteiger partial charge in [0.2, 0.25) is 0 Å². The maximum atomic E-state index is 5.72. The van der Waals surface area contributed by atoms with Crippen molar-refractivity contribution >= 4 is 11.5 Å². The molecule has 3 aromatic rings. The minimum atomic E-state index is 0.275. The fourth-order valence-corrected chi connectivity index (χ4v) is 3.15. The molecule has 7 heteroatoms. The van der Waals surface area contributed by atoms with Gasteiger partial charge in [-0.1, -0.05) is 0 Å². The number of hydrogen-bond acceptors (Lipinski definition) is 5. The van der Waals surface area contributed by atoms with Gasteiger partial charge in [0, 0.05) is 49.9 Å². The molecule has 0 amide bonds. The molecule has 3 aromatic heterocycles. The molecule has 1 atom stereocenters. The Morgan fingerprint density at radius 3 is 2.96 bits per heavy atom. The molecular formula is C17H22N6O. The summed E-state index contributed by atoms with van der Waals surface area (Å²) in [5, 5.41) is 8.25. The van der Waals surface area contributed by atoms with Crippen LogP contribution in [0.2, 0.25) is 0 Å². The van der Waals surface area contributed by atoms with Gasteiger partial charge in [0.25, 0.3) is 0 Å². The van der Waals surface area contributed by atoms with Crippen molar-refractivity contribution in [2.45, 2.75) is 32.8 Å². The van der Waals surface area contributed by atoms with E-state index in [1.807, 2.05) is 35.3 Å². The Labute approximate surface area is 140 Å². The molecule has 0 radical (unpaired) electrons. The Kier molecular flexibility index (Phi) is 3.72. The number of rotatable bonds is 4. The fourth-order valence-electron chi connectivity index (χ4n) is 3.15. The van der Waals surface area contributed by atoms with E-state index < -0.39 is 0 Å². The van der Waals surface area contributed by atoms with E-state index in [1.165, 1.54) is 0 Å². The van der Waals surface area contributed by atoms with Gasteiger partial charge in [0.15, 0.2) is 11.5 Å². The lowest BCUT2D eigenvalue weighted by molar-refractivity contribution is 0.120. The molecule has 126 valence electrons. The SMILES string of the molecule is Cc1nc2cc(-c3nccn3C)nn2c(NC[C@H]2CCCO2)c1C. The topological polar surface area (TPSA) is 69.3 Å². The van der Waals surface area contributed by atoms with Crippen molar-refractivity contribution in [2.75, 3.05) is 18.5 Å². The number of hydrogen-bond donors (Lipinski definition) is 1. The Hall–Kier alpha value is -2.41. The molecule has 1 N–H and O–H groups in total. The molecule has 7 nitrogen and oxygen atoms in total. The molecule has 0 unspecified atom stereocenters. The molecule has 1 fully saturated rings. The molecule has 1 aliphatic rings. The zero-order valence-corrected chi connectivity index (χ0v) is 14.3. The molecule has 0 spiro atoms. The van der Waals surface area contributed by atoms with Crippen molar-refractivity contribution in [3.63, 3.8) is 0 Å². The third-order valence-corrected chi connectivity index (χ3v) is 4.65. The molecule has 1 saturated heterocycles. The average molecular weight is 326 g/mol. The van der Waals surface area contributed by atoms with E-state index in [0.717, 1.165) is 60.2 Å². The summed E-state index contributed by atoms with van der Waals surface area (Å²) in [5.74, 6) is 1.81. The number of aromatic nitrogens is 5. The third-order valence-electron chi connectivity index (χ3n) is 4.65. The van der Waals surface area contributed by atoms with E-state index in [0.29, 0.717) is 0 Å². The van der Waals surface area contributed by atoms with Gasteiger partial charge in [0.05, 0.1) is 6.10 Å². The molecule has 1 aliphatic heterocycles. The van der Waals surface area contributed by atoms with Crippen LogP contribution in [0.5, 0.6) is 0 Å². The highest BCUT2D eigenvalue weighted by Crippen LogP contribution is 2.24. The van der Waals surface area contributed by atoms with Crippen LogP contribution < -0.4 is 5.32 Å². The van der Waals surface area contributed by atoms with Gasteiger partial charge in [0.1, 0.15) is 11.5 Å². The summed E-state index contributed by atoms with van der Waals surface area (Å²) in [6.07, 6.45) is 6.22. The summed E-state index contributed by atoms with van der Waals surface area (Å²) in [4.78, 5) is 9.05. The van der Waals surface area contributed by atoms with Crippen LogP contribution >= 0.6 is 0 Å². The predicted octanol–water partition coefficient (Wildman–Crippen LogP) is 2.34. The average Bonchev–Trinajstić information content (AvgIpc) is 3.28. The predicted molar refractivity (Wildman–Crippen MR) is 92.1 cm³/mol. The van der Waals surface area contributed by atoms with E-state index >= 15 is 0 Å². The maximum Gasteiger partial charge on any atom is 0.160 e. The molecule has 0 bridgehead atoms. The normalized spacial score (nSPS) is 17.7. The highest BCUT2D eigenvalue weighted by Gasteiger charge is 2.18. The van der Waals surface area contributed by atoms with Gasteiger partial charge in [-0.3, -0.25) is 0 Å². The van der Waals surface area contributed by atoms with Gasteiger partial charge in [-0.15, -0.1) is 0 Å². The Bertz CT molecular complexity index is 875. The second-order valence-corrected chi connectivity index (χ2v) is 6.35. The van der Waals surface area contributed by atoms with Gasteiger partial charge < -0.3 is 14.6 Å². The van der Waals surface area contributed by atoms with E-state index in [9.17, 15) is 0 Å². The first kappa shape index (κ1) is 15.1. The zero-order valence-electron chi connectivity index (χ0n) is 14.3. The number of aryl methyl sites for hydroxylation is 2. The van der Waals surface area contributed by atoms with Crippen molar-refractivity contribution in [3.05, 3.63) is 29.7 Å². The van der Waals surface area contributed by atoms with Crippen LogP contribution in [0.4, 0.5) is 5.82 Å². The highest BCUT2D eigenvalue weighted by molar-refractivity contribution is 5.62. The first-order valence-electron chi connectivity index (χ1n) is 8.33. The van der Waals surface area contributed by atoms with E-state index in [4.69, 9.17) is 9.84 Å². The van der Waals surface area contributed by atoms with Crippen molar-refractivity contribution in [2.24, 2.45) is 7.05 Å². The van der Waals surface area contributed by atoms with Crippen LogP contribution in [0.3, 0.4) is 0 Å². The first-order valence-corrected chi connectivity index (χ1v) is 8.33. The van der Waals surface area contributed by atoms with Gasteiger partial charge in [-0.25, -0.2) is 9.97 Å². The Balaban J connectivity index is 1.74. The lowest BCUT2D eigenvalue weighted by atomic mass is 10.2. The molecule has 4 heterocycles. The number of fused-ring (bicyclic) bond motifs is 1. The number of imidazole rings is 1. The van der Waals surface area contributed by atoms with Crippen LogP contribution in [-0.2, 0) is 11.8 Å². The fraction of sp³-hybridized carbons (Fsp3) is 0.471. The van der Waals surface area contributed by atoms with Gasteiger partial charge >= 0.3 is 0 Å². The van der Waals surface area contributed by atoms with Gasteiger partial charge in [-0.2, -0.15) is 9.61 Å². The minimum Gasteiger partial charge on any atom is -0.376 e. The lowest BCUT2D eigenvalue weighted by Gasteiger charge is -2.15. The number of nitrogens with zero attached hydrogens (tertiary/aromatic N) is 5. The Morgan fingerprint density at radius 2 is 2.25 bits per heavy atom. The van der Waals surface area contributed by atoms with Crippen LogP contribution in [-0.4, -0.2) is 43.4 Å². The zero-order chi connectivity index (χ0) is 16.7. The van der Waals surface area contributed by atoms with Crippen molar-refractivity contribution in [1.82, 2.24) is 24.1 Å². The van der Waals surface area contributed by atoms with Crippen LogP contribution in [0.1, 0.15) is 24.1 Å². The quantitative estimate of drug-likeness (QED) is 0.797. The maximum absolute atomic E-state index is 5.72. The van der Waals surface area contributed by atoms with Crippen molar-refractivity contribution < 1.29 is 4.74 Å². The third kappa shape index (κ3) is 2.54. The van der Waals surface area contributed by atoms with Crippen molar-refractivity contribution in [3.8, 4) is 11.5 Å². The van der Waals surface area contributed by atoms with E-state index in [1.54, 1.807) is 6.20 Å². The van der Waals surface area contributed by atoms with Crippen molar-refractivity contribution in [1.29, 1.82) is 0 Å². The molecular weight excluding hydrogens is 304 g/mol.